The first kappa shape index (κ1) is 11.9. The Hall–Kier alpha value is -0.0951. The molecule has 0 fully saturated rings. The monoisotopic (exact) mass is 173 g/mol. The SMILES string of the molecule is [B][C@@H](CO)O[C@@H](CO)CNCC. The summed E-state index contributed by atoms with van der Waals surface area (Å²) in [7, 11) is 5.31. The minimum absolute atomic E-state index is 0.0965. The number of likely N-dealkylation sites (N-methyl/N-ethyl adjacent to an activating group) is 1. The molecular formula is C7H16BNO3. The standard InChI is InChI=1S/C7H16BNO3/c1-2-9-3-6(4-10)12-7(8)5-11/h6-7,9-11H,2-5H2,1H3/t6-,7-/m1/s1. The van der Waals surface area contributed by atoms with E-state index in [1.54, 1.807) is 0 Å². The van der Waals surface area contributed by atoms with Gasteiger partial charge < -0.3 is 20.3 Å². The van der Waals surface area contributed by atoms with Gasteiger partial charge in [0.15, 0.2) is 0 Å². The summed E-state index contributed by atoms with van der Waals surface area (Å²) in [5.41, 5.74) is 0. The van der Waals surface area contributed by atoms with Crippen molar-refractivity contribution in [2.24, 2.45) is 0 Å². The molecule has 0 aromatic carbocycles. The lowest BCUT2D eigenvalue weighted by Crippen LogP contribution is -2.36. The smallest absolute Gasteiger partial charge is 0.112 e. The first-order valence-electron chi connectivity index (χ1n) is 4.08. The summed E-state index contributed by atoms with van der Waals surface area (Å²) >= 11 is 0. The maximum absolute atomic E-state index is 8.79. The van der Waals surface area contributed by atoms with Crippen LogP contribution in [0.5, 0.6) is 0 Å². The highest BCUT2D eigenvalue weighted by molar-refractivity contribution is 6.11. The molecular weight excluding hydrogens is 157 g/mol. The van der Waals surface area contributed by atoms with Gasteiger partial charge in [-0.15, -0.1) is 0 Å². The van der Waals surface area contributed by atoms with Crippen molar-refractivity contribution in [1.29, 1.82) is 0 Å². The molecule has 2 atom stereocenters. The molecule has 0 amide bonds. The predicted molar refractivity (Wildman–Crippen MR) is 47.1 cm³/mol. The van der Waals surface area contributed by atoms with Crippen LogP contribution in [0.25, 0.3) is 0 Å². The van der Waals surface area contributed by atoms with Crippen molar-refractivity contribution in [1.82, 2.24) is 5.32 Å². The van der Waals surface area contributed by atoms with E-state index in [0.717, 1.165) is 6.54 Å². The summed E-state index contributed by atoms with van der Waals surface area (Å²) < 4.78 is 5.07. The average Bonchev–Trinajstić information content (AvgIpc) is 2.11. The topological polar surface area (TPSA) is 61.7 Å². The molecule has 0 aromatic rings. The Morgan fingerprint density at radius 1 is 1.42 bits per heavy atom. The predicted octanol–water partition coefficient (Wildman–Crippen LogP) is -1.54. The molecule has 0 spiro atoms. The molecule has 2 radical (unpaired) electrons. The normalized spacial score (nSPS) is 15.9. The molecule has 0 saturated carbocycles. The third-order valence-corrected chi connectivity index (χ3v) is 1.37. The molecule has 0 aliphatic carbocycles. The average molecular weight is 173 g/mol. The summed E-state index contributed by atoms with van der Waals surface area (Å²) in [4.78, 5) is 0. The minimum atomic E-state index is -0.708. The van der Waals surface area contributed by atoms with E-state index in [9.17, 15) is 0 Å². The number of hydrogen-bond acceptors (Lipinski definition) is 4. The molecule has 0 rings (SSSR count). The number of hydrogen-bond donors (Lipinski definition) is 3. The fourth-order valence-corrected chi connectivity index (χ4v) is 0.751. The van der Waals surface area contributed by atoms with Gasteiger partial charge in [0.1, 0.15) is 7.85 Å². The third kappa shape index (κ3) is 5.54. The van der Waals surface area contributed by atoms with Gasteiger partial charge in [0.2, 0.25) is 0 Å². The van der Waals surface area contributed by atoms with Gasteiger partial charge in [0.25, 0.3) is 0 Å². The van der Waals surface area contributed by atoms with Crippen LogP contribution in [0.3, 0.4) is 0 Å². The molecule has 4 nitrogen and oxygen atoms in total. The molecule has 0 heterocycles. The molecule has 70 valence electrons. The lowest BCUT2D eigenvalue weighted by molar-refractivity contribution is -0.0225. The van der Waals surface area contributed by atoms with Crippen LogP contribution in [0.1, 0.15) is 6.92 Å². The summed E-state index contributed by atoms with van der Waals surface area (Å²) in [5.74, 6) is 0. The summed E-state index contributed by atoms with van der Waals surface area (Å²) in [6.45, 7) is 2.98. The largest absolute Gasteiger partial charge is 0.395 e. The van der Waals surface area contributed by atoms with E-state index < -0.39 is 6.00 Å². The molecule has 0 aromatic heterocycles. The van der Waals surface area contributed by atoms with Crippen molar-refractivity contribution in [3.8, 4) is 0 Å². The Kier molecular flexibility index (Phi) is 7.49. The Morgan fingerprint density at radius 3 is 2.50 bits per heavy atom. The zero-order chi connectivity index (χ0) is 9.40. The Labute approximate surface area is 74.3 Å². The second-order valence-corrected chi connectivity index (χ2v) is 2.47. The molecule has 0 aliphatic heterocycles. The van der Waals surface area contributed by atoms with Gasteiger partial charge in [-0.3, -0.25) is 0 Å². The summed E-state index contributed by atoms with van der Waals surface area (Å²) in [6, 6.07) is -0.708. The lowest BCUT2D eigenvalue weighted by atomic mass is 10.0. The van der Waals surface area contributed by atoms with Crippen LogP contribution < -0.4 is 5.32 Å². The Morgan fingerprint density at radius 2 is 2.08 bits per heavy atom. The lowest BCUT2D eigenvalue weighted by Gasteiger charge is -2.19. The molecule has 5 heteroatoms. The Balaban J connectivity index is 3.51. The van der Waals surface area contributed by atoms with Crippen molar-refractivity contribution in [3.63, 3.8) is 0 Å². The molecule has 3 N–H and O–H groups in total. The molecule has 12 heavy (non-hydrogen) atoms. The van der Waals surface area contributed by atoms with Gasteiger partial charge in [-0.25, -0.2) is 0 Å². The zero-order valence-electron chi connectivity index (χ0n) is 7.36. The quantitative estimate of drug-likeness (QED) is 0.408. The highest BCUT2D eigenvalue weighted by Gasteiger charge is 2.10. The van der Waals surface area contributed by atoms with E-state index in [0.29, 0.717) is 6.54 Å². The Bertz CT molecular complexity index is 105. The second-order valence-electron chi connectivity index (χ2n) is 2.47. The highest BCUT2D eigenvalue weighted by Crippen LogP contribution is 1.93. The van der Waals surface area contributed by atoms with E-state index in [-0.39, 0.29) is 19.3 Å². The van der Waals surface area contributed by atoms with Crippen molar-refractivity contribution in [3.05, 3.63) is 0 Å². The fourth-order valence-electron chi connectivity index (χ4n) is 0.751. The van der Waals surface area contributed by atoms with Gasteiger partial charge in [-0.2, -0.15) is 0 Å². The van der Waals surface area contributed by atoms with Crippen LogP contribution in [0.2, 0.25) is 0 Å². The molecule has 0 bridgehead atoms. The summed E-state index contributed by atoms with van der Waals surface area (Å²) in [6.07, 6.45) is -0.341. The van der Waals surface area contributed by atoms with Crippen LogP contribution in [0.4, 0.5) is 0 Å². The minimum Gasteiger partial charge on any atom is -0.395 e. The van der Waals surface area contributed by atoms with Gasteiger partial charge >= 0.3 is 0 Å². The van der Waals surface area contributed by atoms with Gasteiger partial charge in [-0.05, 0) is 6.54 Å². The second kappa shape index (κ2) is 7.55. The van der Waals surface area contributed by atoms with Crippen LogP contribution in [0.15, 0.2) is 0 Å². The van der Waals surface area contributed by atoms with Crippen LogP contribution >= 0.6 is 0 Å². The van der Waals surface area contributed by atoms with E-state index in [4.69, 9.17) is 22.8 Å². The van der Waals surface area contributed by atoms with Gasteiger partial charge in [0.05, 0.1) is 19.3 Å². The van der Waals surface area contributed by atoms with Crippen LogP contribution in [0, 0.1) is 0 Å². The number of ether oxygens (including phenoxy) is 1. The first-order valence-corrected chi connectivity index (χ1v) is 4.08. The molecule has 0 aliphatic rings. The van der Waals surface area contributed by atoms with Crippen molar-refractivity contribution in [2.45, 2.75) is 19.0 Å². The molecule has 0 unspecified atom stereocenters. The third-order valence-electron chi connectivity index (χ3n) is 1.37. The van der Waals surface area contributed by atoms with E-state index >= 15 is 0 Å². The maximum Gasteiger partial charge on any atom is 0.112 e. The number of nitrogens with one attached hydrogen (secondary N) is 1. The van der Waals surface area contributed by atoms with Gasteiger partial charge in [-0.1, -0.05) is 6.92 Å². The van der Waals surface area contributed by atoms with E-state index in [1.165, 1.54) is 0 Å². The fraction of sp³-hybridized carbons (Fsp3) is 1.00. The first-order chi connectivity index (χ1) is 5.74. The van der Waals surface area contributed by atoms with Gasteiger partial charge in [0, 0.05) is 12.5 Å². The number of rotatable bonds is 7. The van der Waals surface area contributed by atoms with Crippen molar-refractivity contribution >= 4 is 7.85 Å². The number of aliphatic hydroxyl groups excluding tert-OH is 2. The molecule has 0 saturated heterocycles. The summed E-state index contributed by atoms with van der Waals surface area (Å²) in [5, 5.41) is 20.4. The van der Waals surface area contributed by atoms with E-state index in [2.05, 4.69) is 5.32 Å². The van der Waals surface area contributed by atoms with Crippen molar-refractivity contribution in [2.75, 3.05) is 26.3 Å². The highest BCUT2D eigenvalue weighted by atomic mass is 16.5. The van der Waals surface area contributed by atoms with Crippen LogP contribution in [-0.2, 0) is 4.74 Å². The maximum atomic E-state index is 8.79. The van der Waals surface area contributed by atoms with E-state index in [1.807, 2.05) is 6.92 Å². The van der Waals surface area contributed by atoms with Crippen molar-refractivity contribution < 1.29 is 14.9 Å². The van der Waals surface area contributed by atoms with Crippen LogP contribution in [-0.4, -0.2) is 56.5 Å². The number of aliphatic hydroxyl groups is 2. The zero-order valence-corrected chi connectivity index (χ0v) is 7.36.